The second-order valence-electron chi connectivity index (χ2n) is 6.69. The zero-order valence-electron chi connectivity index (χ0n) is 13.6. The van der Waals surface area contributed by atoms with Gasteiger partial charge in [-0.3, -0.25) is 9.59 Å². The van der Waals surface area contributed by atoms with Crippen LogP contribution in [-0.2, 0) is 16.0 Å². The molecule has 1 aromatic carbocycles. The normalized spacial score (nSPS) is 27.4. The molecule has 0 saturated carbocycles. The van der Waals surface area contributed by atoms with Gasteiger partial charge in [-0.15, -0.1) is 0 Å². The topological polar surface area (TPSA) is 60.9 Å². The SMILES string of the molecule is CCN1C[C@@]2(C(=O)O)CN(CCCc3ccccc3)C[C@H]2C1=O. The lowest BCUT2D eigenvalue weighted by atomic mass is 9.81. The van der Waals surface area contributed by atoms with E-state index in [1.807, 2.05) is 25.1 Å². The molecule has 2 fully saturated rings. The summed E-state index contributed by atoms with van der Waals surface area (Å²) in [7, 11) is 0. The highest BCUT2D eigenvalue weighted by molar-refractivity contribution is 5.92. The Labute approximate surface area is 136 Å². The maximum Gasteiger partial charge on any atom is 0.313 e. The smallest absolute Gasteiger partial charge is 0.313 e. The van der Waals surface area contributed by atoms with Gasteiger partial charge in [0.25, 0.3) is 0 Å². The minimum Gasteiger partial charge on any atom is -0.481 e. The molecule has 0 radical (unpaired) electrons. The molecule has 124 valence electrons. The van der Waals surface area contributed by atoms with Crippen LogP contribution in [0.4, 0.5) is 0 Å². The van der Waals surface area contributed by atoms with E-state index in [4.69, 9.17) is 0 Å². The van der Waals surface area contributed by atoms with Crippen LogP contribution in [0.1, 0.15) is 18.9 Å². The van der Waals surface area contributed by atoms with Crippen molar-refractivity contribution in [2.75, 3.05) is 32.7 Å². The third-order valence-electron chi connectivity index (χ3n) is 5.29. The van der Waals surface area contributed by atoms with Crippen molar-refractivity contribution < 1.29 is 14.7 Å². The Bertz CT molecular complexity index is 589. The van der Waals surface area contributed by atoms with Gasteiger partial charge in [0.15, 0.2) is 0 Å². The number of nitrogens with zero attached hydrogens (tertiary/aromatic N) is 2. The summed E-state index contributed by atoms with van der Waals surface area (Å²) in [5.41, 5.74) is 0.396. The number of aryl methyl sites for hydroxylation is 1. The van der Waals surface area contributed by atoms with Gasteiger partial charge in [0, 0.05) is 26.2 Å². The fraction of sp³-hybridized carbons (Fsp3) is 0.556. The van der Waals surface area contributed by atoms with E-state index in [-0.39, 0.29) is 11.8 Å². The summed E-state index contributed by atoms with van der Waals surface area (Å²) in [6.07, 6.45) is 1.97. The maximum absolute atomic E-state index is 12.4. The van der Waals surface area contributed by atoms with E-state index >= 15 is 0 Å². The van der Waals surface area contributed by atoms with Gasteiger partial charge in [-0.2, -0.15) is 0 Å². The second kappa shape index (κ2) is 6.32. The number of fused-ring (bicyclic) bond motifs is 1. The fourth-order valence-corrected chi connectivity index (χ4v) is 3.99. The third kappa shape index (κ3) is 2.85. The number of hydrogen-bond donors (Lipinski definition) is 1. The van der Waals surface area contributed by atoms with Crippen LogP contribution in [0, 0.1) is 11.3 Å². The molecule has 2 aliphatic heterocycles. The number of hydrogen-bond acceptors (Lipinski definition) is 3. The van der Waals surface area contributed by atoms with Gasteiger partial charge in [-0.1, -0.05) is 30.3 Å². The number of carbonyl (C=O) groups is 2. The lowest BCUT2D eigenvalue weighted by Crippen LogP contribution is -2.41. The summed E-state index contributed by atoms with van der Waals surface area (Å²) in [6.45, 7) is 4.78. The maximum atomic E-state index is 12.4. The molecule has 2 saturated heterocycles. The average molecular weight is 316 g/mol. The summed E-state index contributed by atoms with van der Waals surface area (Å²) < 4.78 is 0. The fourth-order valence-electron chi connectivity index (χ4n) is 3.99. The molecular formula is C18H24N2O3. The minimum absolute atomic E-state index is 0.0143. The van der Waals surface area contributed by atoms with Crippen molar-refractivity contribution in [1.29, 1.82) is 0 Å². The van der Waals surface area contributed by atoms with Gasteiger partial charge in [-0.25, -0.2) is 0 Å². The molecule has 5 nitrogen and oxygen atoms in total. The van der Waals surface area contributed by atoms with Crippen molar-refractivity contribution in [2.24, 2.45) is 11.3 Å². The summed E-state index contributed by atoms with van der Waals surface area (Å²) in [6, 6.07) is 10.3. The lowest BCUT2D eigenvalue weighted by molar-refractivity contribution is -0.149. The Balaban J connectivity index is 1.61. The van der Waals surface area contributed by atoms with E-state index in [2.05, 4.69) is 17.0 Å². The number of carboxylic acids is 1. The zero-order valence-corrected chi connectivity index (χ0v) is 13.6. The Kier molecular flexibility index (Phi) is 4.39. The van der Waals surface area contributed by atoms with Crippen molar-refractivity contribution in [3.05, 3.63) is 35.9 Å². The van der Waals surface area contributed by atoms with Gasteiger partial charge in [0.2, 0.25) is 5.91 Å². The third-order valence-corrected chi connectivity index (χ3v) is 5.29. The van der Waals surface area contributed by atoms with Gasteiger partial charge in [0.1, 0.15) is 5.41 Å². The number of benzene rings is 1. The molecule has 0 bridgehead atoms. The highest BCUT2D eigenvalue weighted by Gasteiger charge is 2.61. The molecular weight excluding hydrogens is 292 g/mol. The van der Waals surface area contributed by atoms with Gasteiger partial charge < -0.3 is 14.9 Å². The Morgan fingerprint density at radius 1 is 1.30 bits per heavy atom. The molecule has 1 N–H and O–H groups in total. The van der Waals surface area contributed by atoms with Crippen LogP contribution in [-0.4, -0.2) is 59.5 Å². The first-order valence-corrected chi connectivity index (χ1v) is 8.35. The van der Waals surface area contributed by atoms with Crippen LogP contribution in [0.25, 0.3) is 0 Å². The van der Waals surface area contributed by atoms with Crippen molar-refractivity contribution in [3.8, 4) is 0 Å². The highest BCUT2D eigenvalue weighted by Crippen LogP contribution is 2.43. The number of aliphatic carboxylic acids is 1. The molecule has 5 heteroatoms. The molecule has 2 atom stereocenters. The van der Waals surface area contributed by atoms with Crippen LogP contribution in [0.3, 0.4) is 0 Å². The van der Waals surface area contributed by atoms with Crippen molar-refractivity contribution >= 4 is 11.9 Å². The molecule has 0 aromatic heterocycles. The molecule has 0 aliphatic carbocycles. The summed E-state index contributed by atoms with van der Waals surface area (Å²) in [4.78, 5) is 28.1. The lowest BCUT2D eigenvalue weighted by Gasteiger charge is -2.24. The molecule has 2 aliphatic rings. The first kappa shape index (κ1) is 16.0. The number of carboxylic acid groups (broad SMARTS) is 1. The molecule has 0 unspecified atom stereocenters. The quantitative estimate of drug-likeness (QED) is 0.864. The Morgan fingerprint density at radius 3 is 2.65 bits per heavy atom. The first-order chi connectivity index (χ1) is 11.1. The van der Waals surface area contributed by atoms with Gasteiger partial charge in [-0.05, 0) is 31.9 Å². The standard InChI is InChI=1S/C18H24N2O3/c1-2-20-13-18(17(22)23)12-19(11-15(18)16(20)21)10-6-9-14-7-4-3-5-8-14/h3-5,7-8,15H,2,6,9-13H2,1H3,(H,22,23)/t15-,18-/m0/s1. The molecule has 23 heavy (non-hydrogen) atoms. The Morgan fingerprint density at radius 2 is 2.04 bits per heavy atom. The molecule has 3 rings (SSSR count). The van der Waals surface area contributed by atoms with Crippen molar-refractivity contribution in [1.82, 2.24) is 9.80 Å². The highest BCUT2D eigenvalue weighted by atomic mass is 16.4. The predicted octanol–water partition coefficient (Wildman–Crippen LogP) is 1.48. The number of rotatable bonds is 6. The minimum atomic E-state index is -0.903. The van der Waals surface area contributed by atoms with E-state index in [0.29, 0.717) is 26.2 Å². The zero-order chi connectivity index (χ0) is 16.4. The van der Waals surface area contributed by atoms with E-state index in [0.717, 1.165) is 19.4 Å². The predicted molar refractivity (Wildman–Crippen MR) is 87.0 cm³/mol. The van der Waals surface area contributed by atoms with Crippen molar-refractivity contribution in [2.45, 2.75) is 19.8 Å². The largest absolute Gasteiger partial charge is 0.481 e. The van der Waals surface area contributed by atoms with E-state index in [1.165, 1.54) is 5.56 Å². The van der Waals surface area contributed by atoms with Crippen molar-refractivity contribution in [3.63, 3.8) is 0 Å². The summed E-state index contributed by atoms with van der Waals surface area (Å²) in [5, 5.41) is 9.72. The summed E-state index contributed by atoms with van der Waals surface area (Å²) >= 11 is 0. The first-order valence-electron chi connectivity index (χ1n) is 8.35. The van der Waals surface area contributed by atoms with Crippen LogP contribution in [0.2, 0.25) is 0 Å². The Hall–Kier alpha value is -1.88. The number of amides is 1. The summed E-state index contributed by atoms with van der Waals surface area (Å²) in [5.74, 6) is -1.19. The number of carbonyl (C=O) groups excluding carboxylic acids is 1. The van der Waals surface area contributed by atoms with E-state index < -0.39 is 11.4 Å². The molecule has 0 spiro atoms. The van der Waals surface area contributed by atoms with Crippen LogP contribution in [0.15, 0.2) is 30.3 Å². The monoisotopic (exact) mass is 316 g/mol. The van der Waals surface area contributed by atoms with Crippen LogP contribution < -0.4 is 0 Å². The van der Waals surface area contributed by atoms with Crippen LogP contribution >= 0.6 is 0 Å². The van der Waals surface area contributed by atoms with Crippen LogP contribution in [0.5, 0.6) is 0 Å². The van der Waals surface area contributed by atoms with Gasteiger partial charge in [0.05, 0.1) is 5.92 Å². The second-order valence-corrected chi connectivity index (χ2v) is 6.69. The van der Waals surface area contributed by atoms with Gasteiger partial charge >= 0.3 is 5.97 Å². The molecule has 1 amide bonds. The average Bonchev–Trinajstić information content (AvgIpc) is 3.04. The molecule has 1 aromatic rings. The van der Waals surface area contributed by atoms with E-state index in [9.17, 15) is 14.7 Å². The number of likely N-dealkylation sites (tertiary alicyclic amines) is 2. The van der Waals surface area contributed by atoms with E-state index in [1.54, 1.807) is 4.90 Å². The molecule has 2 heterocycles.